The fourth-order valence-electron chi connectivity index (χ4n) is 2.85. The van der Waals surface area contributed by atoms with Gasteiger partial charge in [-0.3, -0.25) is 9.59 Å². The largest absolute Gasteiger partial charge is 0.348 e. The number of hydrogen-bond acceptors (Lipinski definition) is 3. The van der Waals surface area contributed by atoms with Crippen molar-refractivity contribution in [2.24, 2.45) is 0 Å². The number of amides is 2. The molecule has 1 N–H and O–H groups in total. The first-order chi connectivity index (χ1) is 12.5. The molecule has 0 bridgehead atoms. The van der Waals surface area contributed by atoms with E-state index in [4.69, 9.17) is 23.2 Å². The first kappa shape index (κ1) is 19.1. The lowest BCUT2D eigenvalue weighted by Crippen LogP contribution is -2.47. The molecule has 4 nitrogen and oxygen atoms in total. The molecule has 136 valence electrons. The number of nitrogens with zero attached hydrogens (tertiary/aromatic N) is 1. The summed E-state index contributed by atoms with van der Waals surface area (Å²) in [6.45, 7) is 1.86. The van der Waals surface area contributed by atoms with Crippen LogP contribution in [-0.2, 0) is 4.79 Å². The van der Waals surface area contributed by atoms with Gasteiger partial charge >= 0.3 is 0 Å². The van der Waals surface area contributed by atoms with Gasteiger partial charge in [0.15, 0.2) is 0 Å². The van der Waals surface area contributed by atoms with E-state index in [0.717, 1.165) is 5.56 Å². The summed E-state index contributed by atoms with van der Waals surface area (Å²) >= 11 is 13.7. The predicted molar refractivity (Wildman–Crippen MR) is 107 cm³/mol. The zero-order chi connectivity index (χ0) is 18.7. The third-order valence-corrected chi connectivity index (χ3v) is 5.83. The molecule has 3 rings (SSSR count). The van der Waals surface area contributed by atoms with Crippen molar-refractivity contribution >= 4 is 46.8 Å². The molecule has 0 radical (unpaired) electrons. The molecule has 7 heteroatoms. The number of halogens is 2. The number of benzene rings is 2. The Morgan fingerprint density at radius 3 is 2.62 bits per heavy atom. The van der Waals surface area contributed by atoms with Gasteiger partial charge in [0.25, 0.3) is 5.91 Å². The van der Waals surface area contributed by atoms with Gasteiger partial charge in [-0.1, -0.05) is 47.5 Å². The molecule has 2 atom stereocenters. The Morgan fingerprint density at radius 2 is 1.92 bits per heavy atom. The van der Waals surface area contributed by atoms with Crippen molar-refractivity contribution < 1.29 is 9.59 Å². The van der Waals surface area contributed by atoms with E-state index in [-0.39, 0.29) is 17.9 Å². The van der Waals surface area contributed by atoms with E-state index >= 15 is 0 Å². The van der Waals surface area contributed by atoms with E-state index in [1.165, 1.54) is 0 Å². The lowest BCUT2D eigenvalue weighted by atomic mass is 10.1. The van der Waals surface area contributed by atoms with Crippen molar-refractivity contribution in [1.82, 2.24) is 10.2 Å². The summed E-state index contributed by atoms with van der Waals surface area (Å²) in [5.74, 6) is 0.763. The minimum absolute atomic E-state index is 0.132. The van der Waals surface area contributed by atoms with E-state index in [1.807, 2.05) is 25.1 Å². The average Bonchev–Trinajstić information content (AvgIpc) is 3.11. The third-order valence-electron chi connectivity index (χ3n) is 4.25. The highest BCUT2D eigenvalue weighted by Gasteiger charge is 2.35. The minimum Gasteiger partial charge on any atom is -0.348 e. The summed E-state index contributed by atoms with van der Waals surface area (Å²) in [6, 6.07) is 13.4. The lowest BCUT2D eigenvalue weighted by Gasteiger charge is -2.25. The smallest absolute Gasteiger partial charge is 0.255 e. The molecule has 0 aliphatic carbocycles. The van der Waals surface area contributed by atoms with Crippen molar-refractivity contribution in [3.8, 4) is 0 Å². The van der Waals surface area contributed by atoms with Gasteiger partial charge in [0.1, 0.15) is 6.04 Å². The Hall–Kier alpha value is -1.69. The highest BCUT2D eigenvalue weighted by atomic mass is 35.5. The van der Waals surface area contributed by atoms with Crippen LogP contribution in [0.4, 0.5) is 0 Å². The van der Waals surface area contributed by atoms with Gasteiger partial charge in [0, 0.05) is 21.4 Å². The topological polar surface area (TPSA) is 49.4 Å². The van der Waals surface area contributed by atoms with Crippen LogP contribution in [0.1, 0.15) is 28.9 Å². The molecule has 1 aliphatic heterocycles. The van der Waals surface area contributed by atoms with Crippen LogP contribution >= 0.6 is 35.0 Å². The molecule has 1 heterocycles. The second-order valence-corrected chi connectivity index (χ2v) is 7.90. The summed E-state index contributed by atoms with van der Waals surface area (Å²) in [5, 5.41) is 4.01. The van der Waals surface area contributed by atoms with Gasteiger partial charge in [-0.15, -0.1) is 11.8 Å². The van der Waals surface area contributed by atoms with Gasteiger partial charge < -0.3 is 10.2 Å². The summed E-state index contributed by atoms with van der Waals surface area (Å²) in [6.07, 6.45) is 0. The molecule has 0 saturated carbocycles. The monoisotopic (exact) mass is 408 g/mol. The molecular weight excluding hydrogens is 391 g/mol. The fourth-order valence-corrected chi connectivity index (χ4v) is 4.57. The van der Waals surface area contributed by atoms with Crippen molar-refractivity contribution in [2.75, 3.05) is 11.6 Å². The zero-order valence-electron chi connectivity index (χ0n) is 14.1. The molecule has 0 aromatic heterocycles. The number of nitrogens with one attached hydrogen (secondary N) is 1. The summed E-state index contributed by atoms with van der Waals surface area (Å²) in [5.41, 5.74) is 1.37. The molecule has 2 aromatic carbocycles. The molecular formula is C19H18Cl2N2O2S. The summed E-state index contributed by atoms with van der Waals surface area (Å²) < 4.78 is 0. The fraction of sp³-hybridized carbons (Fsp3) is 0.263. The molecule has 0 spiro atoms. The number of thioether (sulfide) groups is 1. The quantitative estimate of drug-likeness (QED) is 0.815. The van der Waals surface area contributed by atoms with Crippen molar-refractivity contribution in [3.05, 3.63) is 69.7 Å². The number of carbonyl (C=O) groups excluding carboxylic acids is 2. The third kappa shape index (κ3) is 4.17. The zero-order valence-corrected chi connectivity index (χ0v) is 16.4. The number of rotatable bonds is 4. The minimum atomic E-state index is -0.499. The maximum Gasteiger partial charge on any atom is 0.255 e. The normalized spacial score (nSPS) is 17.8. The molecule has 1 aliphatic rings. The van der Waals surface area contributed by atoms with Crippen molar-refractivity contribution in [2.45, 2.75) is 19.0 Å². The molecule has 2 aromatic rings. The van der Waals surface area contributed by atoms with Crippen LogP contribution in [-0.4, -0.2) is 34.4 Å². The van der Waals surface area contributed by atoms with Crippen LogP contribution in [0.15, 0.2) is 48.5 Å². The van der Waals surface area contributed by atoms with E-state index in [2.05, 4.69) is 5.32 Å². The summed E-state index contributed by atoms with van der Waals surface area (Å²) in [4.78, 5) is 27.1. The molecule has 1 fully saturated rings. The van der Waals surface area contributed by atoms with E-state index in [0.29, 0.717) is 27.2 Å². The second kappa shape index (κ2) is 8.33. The second-order valence-electron chi connectivity index (χ2n) is 6.05. The molecule has 26 heavy (non-hydrogen) atoms. The van der Waals surface area contributed by atoms with E-state index in [1.54, 1.807) is 47.0 Å². The van der Waals surface area contributed by atoms with Crippen LogP contribution in [0.25, 0.3) is 0 Å². The first-order valence-corrected chi connectivity index (χ1v) is 10.1. The SMILES string of the molecule is CC(NC(=O)[C@@H]1CSCN1C(=O)c1ccccc1)c1ccc(Cl)cc1Cl. The van der Waals surface area contributed by atoms with E-state index < -0.39 is 6.04 Å². The van der Waals surface area contributed by atoms with Gasteiger partial charge in [-0.05, 0) is 36.8 Å². The summed E-state index contributed by atoms with van der Waals surface area (Å²) in [7, 11) is 0. The van der Waals surface area contributed by atoms with Gasteiger partial charge in [-0.2, -0.15) is 0 Å². The average molecular weight is 409 g/mol. The van der Waals surface area contributed by atoms with Gasteiger partial charge in [0.05, 0.1) is 11.9 Å². The Bertz CT molecular complexity index is 816. The first-order valence-electron chi connectivity index (χ1n) is 8.16. The lowest BCUT2D eigenvalue weighted by molar-refractivity contribution is -0.125. The Kier molecular flexibility index (Phi) is 6.12. The van der Waals surface area contributed by atoms with Crippen LogP contribution < -0.4 is 5.32 Å². The van der Waals surface area contributed by atoms with Crippen LogP contribution in [0.3, 0.4) is 0 Å². The van der Waals surface area contributed by atoms with Gasteiger partial charge in [0.2, 0.25) is 5.91 Å². The number of carbonyl (C=O) groups is 2. The van der Waals surface area contributed by atoms with Crippen molar-refractivity contribution in [3.63, 3.8) is 0 Å². The Morgan fingerprint density at radius 1 is 1.19 bits per heavy atom. The predicted octanol–water partition coefficient (Wildman–Crippen LogP) is 4.39. The molecule has 2 amide bonds. The standard InChI is InChI=1S/C19H18Cl2N2O2S/c1-12(15-8-7-14(20)9-16(15)21)22-18(24)17-10-26-11-23(17)19(25)13-5-3-2-4-6-13/h2-9,12,17H,10-11H2,1H3,(H,22,24)/t12?,17-/m0/s1. The van der Waals surface area contributed by atoms with Crippen LogP contribution in [0.5, 0.6) is 0 Å². The van der Waals surface area contributed by atoms with Gasteiger partial charge in [-0.25, -0.2) is 0 Å². The highest BCUT2D eigenvalue weighted by Crippen LogP contribution is 2.28. The van der Waals surface area contributed by atoms with Crippen LogP contribution in [0, 0.1) is 0 Å². The number of hydrogen-bond donors (Lipinski definition) is 1. The maximum atomic E-state index is 12.8. The van der Waals surface area contributed by atoms with Crippen molar-refractivity contribution in [1.29, 1.82) is 0 Å². The van der Waals surface area contributed by atoms with E-state index in [9.17, 15) is 9.59 Å². The maximum absolute atomic E-state index is 12.8. The Balaban J connectivity index is 1.71. The van der Waals surface area contributed by atoms with Crippen LogP contribution in [0.2, 0.25) is 10.0 Å². The molecule has 1 unspecified atom stereocenters. The molecule has 1 saturated heterocycles. The Labute approximate surface area is 166 Å². The highest BCUT2D eigenvalue weighted by molar-refractivity contribution is 7.99.